The fourth-order valence-corrected chi connectivity index (χ4v) is 4.52. The predicted octanol–water partition coefficient (Wildman–Crippen LogP) is 6.16. The van der Waals surface area contributed by atoms with Crippen molar-refractivity contribution in [2.24, 2.45) is 0 Å². The van der Waals surface area contributed by atoms with Crippen LogP contribution in [0.4, 0.5) is 17.2 Å². The van der Waals surface area contributed by atoms with E-state index in [-0.39, 0.29) is 5.91 Å². The molecule has 1 N–H and O–H groups in total. The van der Waals surface area contributed by atoms with Crippen molar-refractivity contribution in [1.29, 1.82) is 0 Å². The molecule has 0 atom stereocenters. The number of carbonyl (C=O) groups excluding carboxylic acids is 1. The molecule has 7 heteroatoms. The number of unbranched alkanes of at least 4 members (excludes halogenated alkanes) is 1. The molecule has 0 saturated heterocycles. The molecular weight excluding hydrogens is 430 g/mol. The minimum atomic E-state index is 0.0358. The van der Waals surface area contributed by atoms with Crippen molar-refractivity contribution in [2.45, 2.75) is 71.2 Å². The second-order valence-corrected chi connectivity index (χ2v) is 9.09. The molecule has 1 aromatic heterocycles. The number of aromatic nitrogens is 2. The second kappa shape index (κ2) is 14.8. The number of carbonyl (C=O) groups is 1. The maximum Gasteiger partial charge on any atom is 0.224 e. The van der Waals surface area contributed by atoms with Gasteiger partial charge in [0.05, 0.1) is 0 Å². The minimum absolute atomic E-state index is 0.0358. The number of hydrogen-bond donors (Lipinski definition) is 1. The summed E-state index contributed by atoms with van der Waals surface area (Å²) in [5, 5.41) is 3.99. The number of amides is 1. The lowest BCUT2D eigenvalue weighted by Gasteiger charge is -2.26. The average molecular weight is 472 g/mol. The van der Waals surface area contributed by atoms with Gasteiger partial charge in [-0.25, -0.2) is 9.97 Å². The molecule has 0 bridgehead atoms. The zero-order valence-electron chi connectivity index (χ0n) is 21.1. The van der Waals surface area contributed by atoms with Crippen molar-refractivity contribution >= 4 is 34.9 Å². The topological polar surface area (TPSA) is 61.4 Å². The van der Waals surface area contributed by atoms with Gasteiger partial charge in [-0.2, -0.15) is 0 Å². The van der Waals surface area contributed by atoms with Crippen molar-refractivity contribution < 1.29 is 4.79 Å². The lowest BCUT2D eigenvalue weighted by molar-refractivity contribution is -0.116. The van der Waals surface area contributed by atoms with Crippen LogP contribution in [0, 0.1) is 6.92 Å². The first-order chi connectivity index (χ1) is 16.0. The van der Waals surface area contributed by atoms with Crippen LogP contribution in [-0.2, 0) is 4.79 Å². The highest BCUT2D eigenvalue weighted by atomic mass is 32.2. The molecule has 33 heavy (non-hydrogen) atoms. The fourth-order valence-electron chi connectivity index (χ4n) is 3.95. The van der Waals surface area contributed by atoms with E-state index < -0.39 is 0 Å². The second-order valence-electron chi connectivity index (χ2n) is 8.29. The van der Waals surface area contributed by atoms with Crippen LogP contribution in [0.15, 0.2) is 35.4 Å². The minimum Gasteiger partial charge on any atom is -0.372 e. The van der Waals surface area contributed by atoms with Crippen molar-refractivity contribution in [2.75, 3.05) is 47.6 Å². The molecule has 6 nitrogen and oxygen atoms in total. The first-order valence-electron chi connectivity index (χ1n) is 12.3. The summed E-state index contributed by atoms with van der Waals surface area (Å²) in [6.07, 6.45) is 7.49. The normalized spacial score (nSPS) is 10.8. The third-order valence-electron chi connectivity index (χ3n) is 5.41. The van der Waals surface area contributed by atoms with E-state index in [0.29, 0.717) is 6.42 Å². The smallest absolute Gasteiger partial charge is 0.224 e. The van der Waals surface area contributed by atoms with Gasteiger partial charge in [-0.15, -0.1) is 11.8 Å². The molecule has 1 heterocycles. The third kappa shape index (κ3) is 8.54. The number of hydrogen-bond acceptors (Lipinski definition) is 6. The predicted molar refractivity (Wildman–Crippen MR) is 143 cm³/mol. The van der Waals surface area contributed by atoms with Gasteiger partial charge in [-0.05, 0) is 57.4 Å². The summed E-state index contributed by atoms with van der Waals surface area (Å²) in [5.41, 5.74) is 2.01. The largest absolute Gasteiger partial charge is 0.372 e. The molecule has 0 aliphatic heterocycles. The highest BCUT2D eigenvalue weighted by Gasteiger charge is 2.20. The van der Waals surface area contributed by atoms with E-state index in [1.807, 2.05) is 19.2 Å². The van der Waals surface area contributed by atoms with E-state index in [9.17, 15) is 4.79 Å². The van der Waals surface area contributed by atoms with Crippen LogP contribution in [0.3, 0.4) is 0 Å². The van der Waals surface area contributed by atoms with Gasteiger partial charge in [0.15, 0.2) is 5.82 Å². The molecule has 0 aliphatic carbocycles. The van der Waals surface area contributed by atoms with Crippen molar-refractivity contribution in [1.82, 2.24) is 9.97 Å². The number of anilines is 3. The van der Waals surface area contributed by atoms with Gasteiger partial charge in [0.25, 0.3) is 0 Å². The SMILES string of the molecule is CCCN(CCCCC(=O)Nc1c(SC)nc(C)nc1N(CCC)CCC)c1ccccc1. The molecule has 1 amide bonds. The van der Waals surface area contributed by atoms with E-state index in [0.717, 1.165) is 80.6 Å². The summed E-state index contributed by atoms with van der Waals surface area (Å²) in [5.74, 6) is 1.62. The quantitative estimate of drug-likeness (QED) is 0.191. The van der Waals surface area contributed by atoms with Gasteiger partial charge in [-0.1, -0.05) is 39.0 Å². The Morgan fingerprint density at radius 3 is 2.15 bits per heavy atom. The van der Waals surface area contributed by atoms with E-state index in [1.165, 1.54) is 5.69 Å². The molecule has 0 saturated carbocycles. The molecule has 2 aromatic rings. The van der Waals surface area contributed by atoms with Gasteiger partial charge in [0.2, 0.25) is 5.91 Å². The van der Waals surface area contributed by atoms with E-state index in [2.05, 4.69) is 65.1 Å². The Hall–Kier alpha value is -2.28. The molecule has 0 unspecified atom stereocenters. The number of benzene rings is 1. The summed E-state index contributed by atoms with van der Waals surface area (Å²) in [6.45, 7) is 12.3. The summed E-state index contributed by atoms with van der Waals surface area (Å²) in [7, 11) is 0. The Labute approximate surface area is 204 Å². The van der Waals surface area contributed by atoms with Gasteiger partial charge in [0.1, 0.15) is 16.5 Å². The number of thioether (sulfide) groups is 1. The van der Waals surface area contributed by atoms with Crippen LogP contribution in [0.2, 0.25) is 0 Å². The number of para-hydroxylation sites is 1. The van der Waals surface area contributed by atoms with Crippen LogP contribution in [0.25, 0.3) is 0 Å². The van der Waals surface area contributed by atoms with Crippen molar-refractivity contribution in [3.05, 3.63) is 36.2 Å². The van der Waals surface area contributed by atoms with Crippen LogP contribution >= 0.6 is 11.8 Å². The van der Waals surface area contributed by atoms with Gasteiger partial charge < -0.3 is 15.1 Å². The molecule has 0 radical (unpaired) electrons. The monoisotopic (exact) mass is 471 g/mol. The fraction of sp³-hybridized carbons (Fsp3) is 0.577. The molecular formula is C26H41N5OS. The zero-order chi connectivity index (χ0) is 24.1. The maximum absolute atomic E-state index is 12.9. The number of nitrogens with one attached hydrogen (secondary N) is 1. The maximum atomic E-state index is 12.9. The highest BCUT2D eigenvalue weighted by molar-refractivity contribution is 7.98. The Balaban J connectivity index is 2.02. The lowest BCUT2D eigenvalue weighted by Crippen LogP contribution is -2.28. The number of rotatable bonds is 15. The molecule has 0 spiro atoms. The van der Waals surface area contributed by atoms with E-state index >= 15 is 0 Å². The van der Waals surface area contributed by atoms with Gasteiger partial charge in [-0.3, -0.25) is 4.79 Å². The summed E-state index contributed by atoms with van der Waals surface area (Å²) in [6, 6.07) is 10.5. The molecule has 0 fully saturated rings. The molecule has 0 aliphatic rings. The molecule has 182 valence electrons. The molecule has 2 rings (SSSR count). The van der Waals surface area contributed by atoms with Crippen molar-refractivity contribution in [3.63, 3.8) is 0 Å². The van der Waals surface area contributed by atoms with Crippen LogP contribution in [0.1, 0.15) is 65.1 Å². The first kappa shape index (κ1) is 27.0. The highest BCUT2D eigenvalue weighted by Crippen LogP contribution is 2.33. The lowest BCUT2D eigenvalue weighted by atomic mass is 10.2. The van der Waals surface area contributed by atoms with Crippen LogP contribution in [-0.4, -0.2) is 48.3 Å². The Morgan fingerprint density at radius 1 is 0.909 bits per heavy atom. The summed E-state index contributed by atoms with van der Waals surface area (Å²) in [4.78, 5) is 26.9. The number of nitrogens with zero attached hydrogens (tertiary/aromatic N) is 4. The van der Waals surface area contributed by atoms with Gasteiger partial charge in [0, 0.05) is 38.3 Å². The third-order valence-corrected chi connectivity index (χ3v) is 6.09. The van der Waals surface area contributed by atoms with Crippen LogP contribution in [0.5, 0.6) is 0 Å². The first-order valence-corrected chi connectivity index (χ1v) is 13.5. The number of aryl methyl sites for hydroxylation is 1. The Bertz CT molecular complexity index is 840. The van der Waals surface area contributed by atoms with E-state index in [1.54, 1.807) is 11.8 Å². The van der Waals surface area contributed by atoms with Gasteiger partial charge >= 0.3 is 0 Å². The molecule has 1 aromatic carbocycles. The van der Waals surface area contributed by atoms with Crippen molar-refractivity contribution in [3.8, 4) is 0 Å². The summed E-state index contributed by atoms with van der Waals surface area (Å²) < 4.78 is 0. The zero-order valence-corrected chi connectivity index (χ0v) is 21.9. The average Bonchev–Trinajstić information content (AvgIpc) is 2.82. The standard InChI is InChI=1S/C26H41N5OS/c1-6-17-30(22-14-10-9-11-15-22)20-13-12-16-23(32)29-24-25(31(18-7-2)19-8-3)27-21(4)28-26(24)33-5/h9-11,14-15H,6-8,12-13,16-20H2,1-5H3,(H,29,32). The summed E-state index contributed by atoms with van der Waals surface area (Å²) >= 11 is 1.56. The van der Waals surface area contributed by atoms with E-state index in [4.69, 9.17) is 4.98 Å². The Morgan fingerprint density at radius 2 is 1.55 bits per heavy atom. The Kier molecular flexibility index (Phi) is 12.1. The van der Waals surface area contributed by atoms with Crippen LogP contribution < -0.4 is 15.1 Å².